The second-order valence-corrected chi connectivity index (χ2v) is 6.24. The van der Waals surface area contributed by atoms with E-state index in [-0.39, 0.29) is 11.9 Å². The molecule has 1 atom stereocenters. The Balaban J connectivity index is 1.82. The van der Waals surface area contributed by atoms with Crippen LogP contribution >= 0.6 is 0 Å². The van der Waals surface area contributed by atoms with Crippen LogP contribution in [0.15, 0.2) is 30.9 Å². The average Bonchev–Trinajstić information content (AvgIpc) is 2.94. The number of rotatable bonds is 4. The van der Waals surface area contributed by atoms with Gasteiger partial charge in [0.25, 0.3) is 0 Å². The van der Waals surface area contributed by atoms with Crippen LogP contribution in [0.25, 0.3) is 0 Å². The molecule has 0 radical (unpaired) electrons. The van der Waals surface area contributed by atoms with Crippen LogP contribution in [0.1, 0.15) is 36.8 Å². The lowest BCUT2D eigenvalue weighted by molar-refractivity contribution is -0.128. The third kappa shape index (κ3) is 3.12. The third-order valence-corrected chi connectivity index (χ3v) is 4.39. The number of imidazole rings is 1. The van der Waals surface area contributed by atoms with Gasteiger partial charge in [-0.3, -0.25) is 14.7 Å². The molecule has 1 aliphatic rings. The summed E-state index contributed by atoms with van der Waals surface area (Å²) in [4.78, 5) is 23.6. The Labute approximate surface area is 136 Å². The number of carbonyl (C=O) groups is 1. The largest absolute Gasteiger partial charge is 0.350 e. The normalized spacial score (nSPS) is 18.0. The van der Waals surface area contributed by atoms with E-state index in [4.69, 9.17) is 0 Å². The molecule has 1 N–H and O–H groups in total. The van der Waals surface area contributed by atoms with Crippen molar-refractivity contribution in [3.8, 4) is 0 Å². The third-order valence-electron chi connectivity index (χ3n) is 4.39. The van der Waals surface area contributed by atoms with Crippen LogP contribution in [0.4, 0.5) is 0 Å². The SMILES string of the molecule is CC(C)N1CCc2ncn(C)c2[C@H]1C(=O)NCc1ccncc1. The minimum atomic E-state index is -0.284. The molecule has 3 heterocycles. The molecule has 0 unspecified atom stereocenters. The van der Waals surface area contributed by atoms with Gasteiger partial charge in [-0.2, -0.15) is 0 Å². The predicted molar refractivity (Wildman–Crippen MR) is 87.6 cm³/mol. The van der Waals surface area contributed by atoms with Gasteiger partial charge >= 0.3 is 0 Å². The molecule has 6 heteroatoms. The van der Waals surface area contributed by atoms with E-state index in [0.717, 1.165) is 29.9 Å². The minimum Gasteiger partial charge on any atom is -0.350 e. The monoisotopic (exact) mass is 313 g/mol. The van der Waals surface area contributed by atoms with Gasteiger partial charge in [0.1, 0.15) is 6.04 Å². The van der Waals surface area contributed by atoms with Gasteiger partial charge < -0.3 is 9.88 Å². The van der Waals surface area contributed by atoms with E-state index in [0.29, 0.717) is 12.6 Å². The molecule has 122 valence electrons. The zero-order chi connectivity index (χ0) is 16.4. The van der Waals surface area contributed by atoms with Gasteiger partial charge in [0, 0.05) is 45.0 Å². The Morgan fingerprint density at radius 2 is 2.13 bits per heavy atom. The average molecular weight is 313 g/mol. The summed E-state index contributed by atoms with van der Waals surface area (Å²) in [5.41, 5.74) is 3.09. The number of nitrogens with zero attached hydrogens (tertiary/aromatic N) is 4. The van der Waals surface area contributed by atoms with Crippen molar-refractivity contribution in [1.82, 2.24) is 24.8 Å². The van der Waals surface area contributed by atoms with E-state index in [1.807, 2.05) is 23.7 Å². The number of pyridine rings is 1. The summed E-state index contributed by atoms with van der Waals surface area (Å²) in [6.45, 7) is 5.63. The van der Waals surface area contributed by atoms with Crippen LogP contribution in [-0.4, -0.2) is 37.9 Å². The number of aromatic nitrogens is 3. The molecule has 1 aliphatic heterocycles. The lowest BCUT2D eigenvalue weighted by Crippen LogP contribution is -2.47. The lowest BCUT2D eigenvalue weighted by atomic mass is 9.99. The van der Waals surface area contributed by atoms with Gasteiger partial charge in [0.05, 0.1) is 17.7 Å². The standard InChI is InChI=1S/C17H23N5O/c1-12(2)22-9-6-14-15(21(3)11-20-14)16(22)17(23)19-10-13-4-7-18-8-5-13/h4-5,7-8,11-12,16H,6,9-10H2,1-3H3,(H,19,23)/t16-/m0/s1. The fourth-order valence-corrected chi connectivity index (χ4v) is 3.17. The Hall–Kier alpha value is -2.21. The lowest BCUT2D eigenvalue weighted by Gasteiger charge is -2.37. The maximum atomic E-state index is 12.9. The van der Waals surface area contributed by atoms with Crippen molar-refractivity contribution in [2.75, 3.05) is 6.54 Å². The van der Waals surface area contributed by atoms with Crippen molar-refractivity contribution in [3.05, 3.63) is 47.8 Å². The molecule has 0 aromatic carbocycles. The number of hydrogen-bond donors (Lipinski definition) is 1. The number of fused-ring (bicyclic) bond motifs is 1. The van der Waals surface area contributed by atoms with Crippen LogP contribution in [0, 0.1) is 0 Å². The van der Waals surface area contributed by atoms with Crippen LogP contribution in [0.5, 0.6) is 0 Å². The molecule has 0 fully saturated rings. The second-order valence-electron chi connectivity index (χ2n) is 6.24. The minimum absolute atomic E-state index is 0.0278. The topological polar surface area (TPSA) is 63.1 Å². The first-order chi connectivity index (χ1) is 11.1. The summed E-state index contributed by atoms with van der Waals surface area (Å²) in [5, 5.41) is 3.06. The van der Waals surface area contributed by atoms with Gasteiger partial charge in [-0.1, -0.05) is 0 Å². The highest BCUT2D eigenvalue weighted by Gasteiger charge is 2.37. The van der Waals surface area contributed by atoms with Gasteiger partial charge in [-0.25, -0.2) is 4.98 Å². The van der Waals surface area contributed by atoms with Crippen LogP contribution in [0.2, 0.25) is 0 Å². The molecule has 1 amide bonds. The quantitative estimate of drug-likeness (QED) is 0.928. The molecule has 6 nitrogen and oxygen atoms in total. The van der Waals surface area contributed by atoms with E-state index in [1.54, 1.807) is 18.7 Å². The molecule has 0 aliphatic carbocycles. The van der Waals surface area contributed by atoms with Crippen molar-refractivity contribution in [1.29, 1.82) is 0 Å². The van der Waals surface area contributed by atoms with Crippen LogP contribution in [-0.2, 0) is 24.8 Å². The van der Waals surface area contributed by atoms with Crippen LogP contribution < -0.4 is 5.32 Å². The van der Waals surface area contributed by atoms with Crippen molar-refractivity contribution in [3.63, 3.8) is 0 Å². The molecule has 2 aromatic heterocycles. The maximum absolute atomic E-state index is 12.9. The van der Waals surface area contributed by atoms with Gasteiger partial charge in [0.2, 0.25) is 5.91 Å². The molecule has 0 saturated carbocycles. The molecule has 0 bridgehead atoms. The number of aryl methyl sites for hydroxylation is 1. The zero-order valence-corrected chi connectivity index (χ0v) is 13.9. The van der Waals surface area contributed by atoms with Crippen molar-refractivity contribution >= 4 is 5.91 Å². The highest BCUT2D eigenvalue weighted by Crippen LogP contribution is 2.30. The van der Waals surface area contributed by atoms with E-state index in [1.165, 1.54) is 0 Å². The maximum Gasteiger partial charge on any atom is 0.243 e. The van der Waals surface area contributed by atoms with Gasteiger partial charge in [-0.05, 0) is 31.5 Å². The van der Waals surface area contributed by atoms with E-state index in [9.17, 15) is 4.79 Å². The first kappa shape index (κ1) is 15.7. The molecule has 2 aromatic rings. The number of hydrogen-bond acceptors (Lipinski definition) is 4. The van der Waals surface area contributed by atoms with Gasteiger partial charge in [0.15, 0.2) is 0 Å². The number of carbonyl (C=O) groups excluding carboxylic acids is 1. The second kappa shape index (κ2) is 6.50. The highest BCUT2D eigenvalue weighted by atomic mass is 16.2. The summed E-state index contributed by atoms with van der Waals surface area (Å²) in [7, 11) is 1.96. The van der Waals surface area contributed by atoms with E-state index in [2.05, 4.69) is 34.0 Å². The first-order valence-electron chi connectivity index (χ1n) is 8.00. The van der Waals surface area contributed by atoms with Crippen molar-refractivity contribution < 1.29 is 4.79 Å². The molecule has 23 heavy (non-hydrogen) atoms. The van der Waals surface area contributed by atoms with E-state index < -0.39 is 0 Å². The number of amides is 1. The molecular weight excluding hydrogens is 290 g/mol. The zero-order valence-electron chi connectivity index (χ0n) is 13.9. The summed E-state index contributed by atoms with van der Waals surface area (Å²) in [5.74, 6) is 0.0278. The Morgan fingerprint density at radius 3 is 2.83 bits per heavy atom. The Kier molecular flexibility index (Phi) is 4.43. The summed E-state index contributed by atoms with van der Waals surface area (Å²) < 4.78 is 1.97. The number of nitrogens with one attached hydrogen (secondary N) is 1. The van der Waals surface area contributed by atoms with Gasteiger partial charge in [-0.15, -0.1) is 0 Å². The van der Waals surface area contributed by atoms with Crippen molar-refractivity contribution in [2.24, 2.45) is 7.05 Å². The molecule has 0 saturated heterocycles. The molecule has 0 spiro atoms. The Bertz CT molecular complexity index is 680. The van der Waals surface area contributed by atoms with E-state index >= 15 is 0 Å². The summed E-state index contributed by atoms with van der Waals surface area (Å²) in [6, 6.07) is 3.84. The smallest absolute Gasteiger partial charge is 0.243 e. The fraction of sp³-hybridized carbons (Fsp3) is 0.471. The summed E-state index contributed by atoms with van der Waals surface area (Å²) in [6.07, 6.45) is 6.17. The molecular formula is C17H23N5O. The predicted octanol–water partition coefficient (Wildman–Crippen LogP) is 1.44. The molecule has 3 rings (SSSR count). The summed E-state index contributed by atoms with van der Waals surface area (Å²) >= 11 is 0. The first-order valence-corrected chi connectivity index (χ1v) is 8.00. The Morgan fingerprint density at radius 1 is 1.39 bits per heavy atom. The fourth-order valence-electron chi connectivity index (χ4n) is 3.17. The highest BCUT2D eigenvalue weighted by molar-refractivity contribution is 5.83. The van der Waals surface area contributed by atoms with Crippen molar-refractivity contribution in [2.45, 2.75) is 38.9 Å². The van der Waals surface area contributed by atoms with Crippen LogP contribution in [0.3, 0.4) is 0 Å².